The van der Waals surface area contributed by atoms with Gasteiger partial charge in [0.2, 0.25) is 17.7 Å². The first kappa shape index (κ1) is 16.4. The molecule has 3 heterocycles. The molecule has 2 fully saturated rings. The Kier molecular flexibility index (Phi) is 3.80. The van der Waals surface area contributed by atoms with Crippen LogP contribution in [-0.2, 0) is 14.4 Å². The molecule has 0 spiro atoms. The van der Waals surface area contributed by atoms with Gasteiger partial charge >= 0.3 is 0 Å². The van der Waals surface area contributed by atoms with Gasteiger partial charge in [0.1, 0.15) is 6.04 Å². The Labute approximate surface area is 148 Å². The lowest BCUT2D eigenvalue weighted by atomic mass is 10.1. The van der Waals surface area contributed by atoms with Crippen molar-refractivity contribution < 1.29 is 24.0 Å². The average molecular weight is 356 g/mol. The molecule has 3 aliphatic heterocycles. The van der Waals surface area contributed by atoms with Crippen LogP contribution in [0.4, 0.5) is 5.69 Å². The van der Waals surface area contributed by atoms with E-state index in [0.29, 0.717) is 12.2 Å². The number of amides is 5. The minimum Gasteiger partial charge on any atom is -0.326 e. The standard InChI is InChI=1S/C17H16N4O5/c22-13-6-12(15(24)20-13)21-16(25)10-2-1-9(5-11(10)17(21)26)19-14(23)8-3-4-18-7-8/h1-2,5,8,12,18H,3-4,6-7H2,(H,19,23)(H,20,22,24). The molecule has 0 radical (unpaired) electrons. The smallest absolute Gasteiger partial charge is 0.262 e. The van der Waals surface area contributed by atoms with E-state index in [0.717, 1.165) is 17.9 Å². The zero-order valence-corrected chi connectivity index (χ0v) is 13.7. The molecule has 2 saturated heterocycles. The molecule has 134 valence electrons. The Bertz CT molecular complexity index is 859. The molecule has 5 amide bonds. The molecule has 1 aromatic rings. The predicted molar refractivity (Wildman–Crippen MR) is 88.1 cm³/mol. The lowest BCUT2D eigenvalue weighted by Gasteiger charge is -2.18. The van der Waals surface area contributed by atoms with Gasteiger partial charge in [-0.2, -0.15) is 0 Å². The summed E-state index contributed by atoms with van der Waals surface area (Å²) in [6.45, 7) is 1.39. The fraction of sp³-hybridized carbons (Fsp3) is 0.353. The molecule has 2 atom stereocenters. The topological polar surface area (TPSA) is 125 Å². The van der Waals surface area contributed by atoms with Gasteiger partial charge in [0.25, 0.3) is 11.8 Å². The van der Waals surface area contributed by atoms with Crippen LogP contribution in [0.15, 0.2) is 18.2 Å². The van der Waals surface area contributed by atoms with Crippen LogP contribution in [-0.4, -0.2) is 53.6 Å². The maximum absolute atomic E-state index is 12.6. The molecular formula is C17H16N4O5. The van der Waals surface area contributed by atoms with Crippen LogP contribution in [0.3, 0.4) is 0 Å². The molecule has 2 unspecified atom stereocenters. The number of anilines is 1. The van der Waals surface area contributed by atoms with Crippen LogP contribution in [0, 0.1) is 5.92 Å². The highest BCUT2D eigenvalue weighted by Gasteiger charge is 2.46. The van der Waals surface area contributed by atoms with E-state index in [-0.39, 0.29) is 29.4 Å². The van der Waals surface area contributed by atoms with E-state index in [1.54, 1.807) is 6.07 Å². The highest BCUT2D eigenvalue weighted by atomic mass is 16.2. The van der Waals surface area contributed by atoms with Crippen molar-refractivity contribution in [1.29, 1.82) is 0 Å². The second kappa shape index (κ2) is 6.03. The minimum absolute atomic E-state index is 0.115. The van der Waals surface area contributed by atoms with E-state index < -0.39 is 29.7 Å². The molecular weight excluding hydrogens is 340 g/mol. The van der Waals surface area contributed by atoms with Crippen LogP contribution in [0.2, 0.25) is 0 Å². The molecule has 1 aromatic carbocycles. The summed E-state index contributed by atoms with van der Waals surface area (Å²) in [6.07, 6.45) is 0.509. The van der Waals surface area contributed by atoms with E-state index in [9.17, 15) is 24.0 Å². The van der Waals surface area contributed by atoms with Crippen LogP contribution in [0.25, 0.3) is 0 Å². The molecule has 9 nitrogen and oxygen atoms in total. The largest absolute Gasteiger partial charge is 0.326 e. The van der Waals surface area contributed by atoms with Crippen molar-refractivity contribution in [2.75, 3.05) is 18.4 Å². The lowest BCUT2D eigenvalue weighted by molar-refractivity contribution is -0.126. The molecule has 0 saturated carbocycles. The average Bonchev–Trinajstić information content (AvgIpc) is 3.29. The molecule has 4 rings (SSSR count). The van der Waals surface area contributed by atoms with Crippen molar-refractivity contribution in [1.82, 2.24) is 15.5 Å². The number of hydrogen-bond acceptors (Lipinski definition) is 6. The molecule has 26 heavy (non-hydrogen) atoms. The number of rotatable bonds is 3. The normalized spacial score (nSPS) is 24.8. The van der Waals surface area contributed by atoms with Crippen LogP contribution < -0.4 is 16.0 Å². The van der Waals surface area contributed by atoms with Crippen LogP contribution in [0.5, 0.6) is 0 Å². The summed E-state index contributed by atoms with van der Waals surface area (Å²) in [7, 11) is 0. The van der Waals surface area contributed by atoms with Crippen molar-refractivity contribution in [3.8, 4) is 0 Å². The lowest BCUT2D eigenvalue weighted by Crippen LogP contribution is -2.44. The zero-order chi connectivity index (χ0) is 18.4. The van der Waals surface area contributed by atoms with Crippen molar-refractivity contribution in [3.05, 3.63) is 29.3 Å². The fourth-order valence-electron chi connectivity index (χ4n) is 3.49. The van der Waals surface area contributed by atoms with Gasteiger partial charge in [-0.05, 0) is 31.2 Å². The van der Waals surface area contributed by atoms with Gasteiger partial charge in [-0.15, -0.1) is 0 Å². The van der Waals surface area contributed by atoms with Crippen molar-refractivity contribution >= 4 is 35.2 Å². The van der Waals surface area contributed by atoms with Gasteiger partial charge in [-0.3, -0.25) is 34.2 Å². The second-order valence-electron chi connectivity index (χ2n) is 6.55. The fourth-order valence-corrected chi connectivity index (χ4v) is 3.49. The van der Waals surface area contributed by atoms with Crippen molar-refractivity contribution in [3.63, 3.8) is 0 Å². The maximum Gasteiger partial charge on any atom is 0.262 e. The number of carbonyl (C=O) groups excluding carboxylic acids is 5. The van der Waals surface area contributed by atoms with Crippen LogP contribution >= 0.6 is 0 Å². The summed E-state index contributed by atoms with van der Waals surface area (Å²) >= 11 is 0. The Morgan fingerprint density at radius 1 is 1.12 bits per heavy atom. The molecule has 0 bridgehead atoms. The Morgan fingerprint density at radius 2 is 1.88 bits per heavy atom. The highest BCUT2D eigenvalue weighted by molar-refractivity contribution is 6.24. The van der Waals surface area contributed by atoms with Crippen molar-refractivity contribution in [2.24, 2.45) is 5.92 Å². The first-order valence-corrected chi connectivity index (χ1v) is 8.33. The number of nitrogens with zero attached hydrogens (tertiary/aromatic N) is 1. The quantitative estimate of drug-likeness (QED) is 0.612. The molecule has 0 aromatic heterocycles. The molecule has 3 N–H and O–H groups in total. The number of carbonyl (C=O) groups is 5. The minimum atomic E-state index is -1.13. The first-order valence-electron chi connectivity index (χ1n) is 8.33. The molecule has 9 heteroatoms. The Balaban J connectivity index is 1.57. The third-order valence-corrected chi connectivity index (χ3v) is 4.87. The number of imide groups is 2. The number of hydrogen-bond donors (Lipinski definition) is 3. The van der Waals surface area contributed by atoms with Gasteiger partial charge in [-0.1, -0.05) is 0 Å². The van der Waals surface area contributed by atoms with Gasteiger partial charge in [0, 0.05) is 12.2 Å². The maximum atomic E-state index is 12.6. The monoisotopic (exact) mass is 356 g/mol. The van der Waals surface area contributed by atoms with Gasteiger partial charge in [-0.25, -0.2) is 0 Å². The summed E-state index contributed by atoms with van der Waals surface area (Å²) in [6, 6.07) is 3.31. The number of fused-ring (bicyclic) bond motifs is 1. The van der Waals surface area contributed by atoms with E-state index in [1.807, 2.05) is 0 Å². The molecule has 0 aliphatic carbocycles. The predicted octanol–water partition coefficient (Wildman–Crippen LogP) is -0.754. The summed E-state index contributed by atoms with van der Waals surface area (Å²) in [4.78, 5) is 61.4. The van der Waals surface area contributed by atoms with E-state index in [2.05, 4.69) is 16.0 Å². The first-order chi connectivity index (χ1) is 12.5. The second-order valence-corrected chi connectivity index (χ2v) is 6.55. The zero-order valence-electron chi connectivity index (χ0n) is 13.7. The third-order valence-electron chi connectivity index (χ3n) is 4.87. The van der Waals surface area contributed by atoms with E-state index in [4.69, 9.17) is 0 Å². The summed E-state index contributed by atoms with van der Waals surface area (Å²) < 4.78 is 0. The van der Waals surface area contributed by atoms with E-state index >= 15 is 0 Å². The van der Waals surface area contributed by atoms with Gasteiger partial charge < -0.3 is 10.6 Å². The van der Waals surface area contributed by atoms with Crippen molar-refractivity contribution in [2.45, 2.75) is 18.9 Å². The van der Waals surface area contributed by atoms with E-state index in [1.165, 1.54) is 12.1 Å². The van der Waals surface area contributed by atoms with Gasteiger partial charge in [0.05, 0.1) is 23.5 Å². The molecule has 3 aliphatic rings. The summed E-state index contributed by atoms with van der Waals surface area (Å²) in [5.74, 6) is -2.72. The van der Waals surface area contributed by atoms with Gasteiger partial charge in [0.15, 0.2) is 0 Å². The summed E-state index contributed by atoms with van der Waals surface area (Å²) in [5.41, 5.74) is 0.683. The summed E-state index contributed by atoms with van der Waals surface area (Å²) in [5, 5.41) is 7.95. The number of benzene rings is 1. The number of nitrogens with one attached hydrogen (secondary N) is 3. The highest BCUT2D eigenvalue weighted by Crippen LogP contribution is 2.29. The Hall–Kier alpha value is -3.07. The van der Waals surface area contributed by atoms with Crippen LogP contribution in [0.1, 0.15) is 33.6 Å². The third kappa shape index (κ3) is 2.57. The Morgan fingerprint density at radius 3 is 2.54 bits per heavy atom. The SMILES string of the molecule is O=C1CC(N2C(=O)c3ccc(NC(=O)C4CCNC4)cc3C2=O)C(=O)N1.